The average molecular weight is 257 g/mol. The van der Waals surface area contributed by atoms with Crippen molar-refractivity contribution in [2.75, 3.05) is 24.6 Å². The summed E-state index contributed by atoms with van der Waals surface area (Å²) in [6, 6.07) is 5.85. The Morgan fingerprint density at radius 1 is 1.26 bits per heavy atom. The second kappa shape index (κ2) is 5.58. The Bertz CT molecular complexity index is 451. The van der Waals surface area contributed by atoms with E-state index in [-0.39, 0.29) is 0 Å². The number of ether oxygens (including phenoxy) is 1. The zero-order valence-corrected chi connectivity index (χ0v) is 11.1. The molecule has 1 atom stereocenters. The van der Waals surface area contributed by atoms with Gasteiger partial charge in [0, 0.05) is 19.7 Å². The highest BCUT2D eigenvalue weighted by molar-refractivity contribution is 5.46. The average Bonchev–Trinajstić information content (AvgIpc) is 3.02. The van der Waals surface area contributed by atoms with Crippen molar-refractivity contribution in [3.05, 3.63) is 24.0 Å². The number of aromatic nitrogens is 1. The Hall–Kier alpha value is -1.60. The maximum Gasteiger partial charge on any atom is 0.140 e. The highest BCUT2D eigenvalue weighted by Crippen LogP contribution is 2.30. The van der Waals surface area contributed by atoms with Crippen molar-refractivity contribution in [3.63, 3.8) is 0 Å². The molecule has 0 spiro atoms. The molecule has 0 saturated carbocycles. The largest absolute Gasteiger partial charge is 0.378 e. The zero-order valence-electron chi connectivity index (χ0n) is 11.1. The highest BCUT2D eigenvalue weighted by Gasteiger charge is 2.29. The summed E-state index contributed by atoms with van der Waals surface area (Å²) in [5, 5.41) is 8.75. The smallest absolute Gasteiger partial charge is 0.140 e. The van der Waals surface area contributed by atoms with Crippen LogP contribution in [0, 0.1) is 17.2 Å². The van der Waals surface area contributed by atoms with Crippen molar-refractivity contribution in [1.82, 2.24) is 4.98 Å². The monoisotopic (exact) mass is 257 g/mol. The van der Waals surface area contributed by atoms with Crippen molar-refractivity contribution in [1.29, 1.82) is 5.26 Å². The molecule has 0 bridgehead atoms. The Labute approximate surface area is 114 Å². The second-order valence-corrected chi connectivity index (χ2v) is 5.39. The standard InChI is InChI=1S/C15H19N3O/c16-10-13-3-4-14(11-17-13)18-7-5-12(6-8-18)15-2-1-9-19-15/h3-4,11-12,15H,1-2,5-9H2. The van der Waals surface area contributed by atoms with Gasteiger partial charge in [0.1, 0.15) is 11.8 Å². The van der Waals surface area contributed by atoms with E-state index >= 15 is 0 Å². The molecule has 1 unspecified atom stereocenters. The molecular weight excluding hydrogens is 238 g/mol. The molecule has 100 valence electrons. The molecule has 2 fully saturated rings. The lowest BCUT2D eigenvalue weighted by atomic mass is 9.89. The van der Waals surface area contributed by atoms with Crippen LogP contribution in [0.15, 0.2) is 18.3 Å². The number of rotatable bonds is 2. The van der Waals surface area contributed by atoms with Gasteiger partial charge >= 0.3 is 0 Å². The Morgan fingerprint density at radius 3 is 2.68 bits per heavy atom. The van der Waals surface area contributed by atoms with E-state index in [0.717, 1.165) is 31.3 Å². The molecule has 4 nitrogen and oxygen atoms in total. The van der Waals surface area contributed by atoms with E-state index in [1.165, 1.54) is 25.7 Å². The van der Waals surface area contributed by atoms with Gasteiger partial charge in [-0.25, -0.2) is 4.98 Å². The molecule has 3 heterocycles. The lowest BCUT2D eigenvalue weighted by Crippen LogP contribution is -2.37. The molecule has 0 amide bonds. The summed E-state index contributed by atoms with van der Waals surface area (Å²) in [6.45, 7) is 3.08. The first-order valence-corrected chi connectivity index (χ1v) is 7.09. The fraction of sp³-hybridized carbons (Fsp3) is 0.600. The number of piperidine rings is 1. The van der Waals surface area contributed by atoms with Crippen LogP contribution in [0.25, 0.3) is 0 Å². The summed E-state index contributed by atoms with van der Waals surface area (Å²) in [4.78, 5) is 6.50. The van der Waals surface area contributed by atoms with Gasteiger partial charge in [-0.2, -0.15) is 5.26 Å². The molecule has 0 radical (unpaired) electrons. The van der Waals surface area contributed by atoms with Crippen LogP contribution in [-0.4, -0.2) is 30.8 Å². The minimum absolute atomic E-state index is 0.484. The van der Waals surface area contributed by atoms with Crippen LogP contribution in [0.4, 0.5) is 5.69 Å². The van der Waals surface area contributed by atoms with Crippen molar-refractivity contribution in [3.8, 4) is 6.07 Å². The van der Waals surface area contributed by atoms with E-state index in [4.69, 9.17) is 10.00 Å². The topological polar surface area (TPSA) is 49.2 Å². The minimum Gasteiger partial charge on any atom is -0.378 e. The van der Waals surface area contributed by atoms with Crippen LogP contribution in [-0.2, 0) is 4.74 Å². The van der Waals surface area contributed by atoms with Crippen molar-refractivity contribution in [2.24, 2.45) is 5.92 Å². The van der Waals surface area contributed by atoms with Gasteiger partial charge in [-0.3, -0.25) is 0 Å². The third-order valence-electron chi connectivity index (χ3n) is 4.26. The fourth-order valence-corrected chi connectivity index (χ4v) is 3.14. The van der Waals surface area contributed by atoms with Gasteiger partial charge in [0.15, 0.2) is 0 Å². The Morgan fingerprint density at radius 2 is 2.11 bits per heavy atom. The predicted octanol–water partition coefficient (Wildman–Crippen LogP) is 2.35. The third-order valence-corrected chi connectivity index (χ3v) is 4.26. The summed E-state index contributed by atoms with van der Waals surface area (Å²) in [6.07, 6.45) is 7.18. The van der Waals surface area contributed by atoms with Gasteiger partial charge in [0.2, 0.25) is 0 Å². The van der Waals surface area contributed by atoms with Crippen LogP contribution in [0.3, 0.4) is 0 Å². The Balaban J connectivity index is 1.58. The van der Waals surface area contributed by atoms with E-state index in [1.54, 1.807) is 6.07 Å². The van der Waals surface area contributed by atoms with Gasteiger partial charge in [-0.15, -0.1) is 0 Å². The van der Waals surface area contributed by atoms with Crippen LogP contribution < -0.4 is 4.90 Å². The fourth-order valence-electron chi connectivity index (χ4n) is 3.14. The van der Waals surface area contributed by atoms with Crippen LogP contribution in [0.2, 0.25) is 0 Å². The summed E-state index contributed by atoms with van der Waals surface area (Å²) in [5.41, 5.74) is 1.61. The van der Waals surface area contributed by atoms with Gasteiger partial charge in [0.05, 0.1) is 18.0 Å². The Kier molecular flexibility index (Phi) is 3.65. The van der Waals surface area contributed by atoms with Gasteiger partial charge < -0.3 is 9.64 Å². The summed E-state index contributed by atoms with van der Waals surface area (Å²) >= 11 is 0. The second-order valence-electron chi connectivity index (χ2n) is 5.39. The SMILES string of the molecule is N#Cc1ccc(N2CCC(C3CCCO3)CC2)cn1. The molecule has 3 rings (SSSR count). The molecule has 1 aromatic rings. The number of anilines is 1. The number of nitrogens with zero attached hydrogens (tertiary/aromatic N) is 3. The quantitative estimate of drug-likeness (QED) is 0.816. The number of nitriles is 1. The van der Waals surface area contributed by atoms with Crippen LogP contribution in [0.1, 0.15) is 31.4 Å². The van der Waals surface area contributed by atoms with E-state index in [2.05, 4.69) is 16.0 Å². The molecule has 4 heteroatoms. The van der Waals surface area contributed by atoms with Gasteiger partial charge in [-0.1, -0.05) is 0 Å². The molecule has 2 saturated heterocycles. The molecule has 0 aromatic carbocycles. The minimum atomic E-state index is 0.484. The van der Waals surface area contributed by atoms with E-state index in [0.29, 0.717) is 11.8 Å². The van der Waals surface area contributed by atoms with Crippen LogP contribution in [0.5, 0.6) is 0 Å². The first-order chi connectivity index (χ1) is 9.36. The number of hydrogen-bond acceptors (Lipinski definition) is 4. The maximum absolute atomic E-state index is 8.75. The maximum atomic E-state index is 8.75. The summed E-state index contributed by atoms with van der Waals surface area (Å²) < 4.78 is 5.80. The molecule has 19 heavy (non-hydrogen) atoms. The molecule has 2 aliphatic heterocycles. The highest BCUT2D eigenvalue weighted by atomic mass is 16.5. The number of pyridine rings is 1. The first-order valence-electron chi connectivity index (χ1n) is 7.09. The van der Waals surface area contributed by atoms with E-state index in [1.807, 2.05) is 12.3 Å². The van der Waals surface area contributed by atoms with E-state index in [9.17, 15) is 0 Å². The molecule has 0 N–H and O–H groups in total. The molecule has 2 aliphatic rings. The summed E-state index contributed by atoms with van der Waals surface area (Å²) in [5.74, 6) is 0.727. The molecule has 0 aliphatic carbocycles. The van der Waals surface area contributed by atoms with Crippen LogP contribution >= 0.6 is 0 Å². The normalized spacial score (nSPS) is 24.4. The lowest BCUT2D eigenvalue weighted by Gasteiger charge is -2.35. The van der Waals surface area contributed by atoms with Crippen molar-refractivity contribution in [2.45, 2.75) is 31.8 Å². The summed E-state index contributed by atoms with van der Waals surface area (Å²) in [7, 11) is 0. The van der Waals surface area contributed by atoms with Crippen molar-refractivity contribution >= 4 is 5.69 Å². The number of hydrogen-bond donors (Lipinski definition) is 0. The van der Waals surface area contributed by atoms with Gasteiger partial charge in [-0.05, 0) is 43.7 Å². The predicted molar refractivity (Wildman–Crippen MR) is 72.9 cm³/mol. The third kappa shape index (κ3) is 2.71. The zero-order chi connectivity index (χ0) is 13.1. The first kappa shape index (κ1) is 12.4. The van der Waals surface area contributed by atoms with E-state index < -0.39 is 0 Å². The van der Waals surface area contributed by atoms with Gasteiger partial charge in [0.25, 0.3) is 0 Å². The van der Waals surface area contributed by atoms with Crippen molar-refractivity contribution < 1.29 is 4.74 Å². The molecular formula is C15H19N3O. The lowest BCUT2D eigenvalue weighted by molar-refractivity contribution is 0.0531. The molecule has 1 aromatic heterocycles.